The maximum absolute atomic E-state index is 15.6. The summed E-state index contributed by atoms with van der Waals surface area (Å²) in [6.45, 7) is 3.56. The molecule has 222 valence electrons. The number of anilines is 3. The van der Waals surface area contributed by atoms with Crippen LogP contribution in [0.4, 0.5) is 30.8 Å². The van der Waals surface area contributed by atoms with Gasteiger partial charge in [-0.15, -0.1) is 0 Å². The fourth-order valence-corrected chi connectivity index (χ4v) is 5.07. The van der Waals surface area contributed by atoms with Gasteiger partial charge < -0.3 is 20.3 Å². The number of amides is 2. The van der Waals surface area contributed by atoms with E-state index in [-0.39, 0.29) is 22.9 Å². The number of Topliss-reactive ketones (excluding diaryl/α,β-unsaturated/α-hetero) is 1. The number of halogens is 2. The zero-order valence-electron chi connectivity index (χ0n) is 23.8. The van der Waals surface area contributed by atoms with Crippen molar-refractivity contribution in [3.63, 3.8) is 0 Å². The minimum Gasteiger partial charge on any atom is -0.378 e. The third-order valence-corrected chi connectivity index (χ3v) is 7.18. The maximum atomic E-state index is 15.6. The molecule has 1 aliphatic heterocycles. The van der Waals surface area contributed by atoms with Crippen LogP contribution in [-0.4, -0.2) is 53.1 Å². The predicted molar refractivity (Wildman–Crippen MR) is 165 cm³/mol. The Morgan fingerprint density at radius 1 is 0.886 bits per heavy atom. The van der Waals surface area contributed by atoms with Crippen LogP contribution in [0.5, 0.6) is 0 Å². The van der Waals surface area contributed by atoms with E-state index in [0.29, 0.717) is 66.3 Å². The molecule has 3 aromatic carbocycles. The molecule has 0 aliphatic carbocycles. The van der Waals surface area contributed by atoms with Crippen LogP contribution in [0, 0.1) is 11.6 Å². The number of hydrogen-bond donors (Lipinski definition) is 2. The molecule has 44 heavy (non-hydrogen) atoms. The van der Waals surface area contributed by atoms with E-state index >= 15 is 8.78 Å². The van der Waals surface area contributed by atoms with Gasteiger partial charge in [-0.2, -0.15) is 0 Å². The number of rotatable bonds is 7. The Labute approximate surface area is 251 Å². The number of nitrogens with one attached hydrogen (secondary N) is 2. The molecule has 3 heterocycles. The molecule has 11 heteroatoms. The monoisotopic (exact) mass is 594 g/mol. The second-order valence-corrected chi connectivity index (χ2v) is 10.4. The number of ketones is 1. The number of urea groups is 1. The van der Waals surface area contributed by atoms with Gasteiger partial charge in [0.2, 0.25) is 0 Å². The normalized spacial score (nSPS) is 13.1. The molecule has 0 spiro atoms. The standard InChI is InChI=1S/C33H28F2N6O3/c1-20(42)15-21-4-6-23(7-5-21)37-33(43)38-24-8-9-25(28(34)16-24)31-39-30-18-26(22-3-2-10-36-19-22)29(35)17-27(30)32(40-31)41-11-13-44-14-12-41/h2-10,16-19H,11-15H2,1H3,(H2,37,38,43). The van der Waals surface area contributed by atoms with Gasteiger partial charge in [-0.05, 0) is 61.0 Å². The van der Waals surface area contributed by atoms with Crippen LogP contribution in [0.3, 0.4) is 0 Å². The van der Waals surface area contributed by atoms with Crippen molar-refractivity contribution in [1.29, 1.82) is 0 Å². The Morgan fingerprint density at radius 2 is 1.61 bits per heavy atom. The number of nitrogens with zero attached hydrogens (tertiary/aromatic N) is 4. The van der Waals surface area contributed by atoms with Gasteiger partial charge >= 0.3 is 6.03 Å². The van der Waals surface area contributed by atoms with Gasteiger partial charge in [-0.3, -0.25) is 9.78 Å². The molecular weight excluding hydrogens is 566 g/mol. The van der Waals surface area contributed by atoms with Gasteiger partial charge in [-0.1, -0.05) is 18.2 Å². The summed E-state index contributed by atoms with van der Waals surface area (Å²) in [6, 6.07) is 17.1. The summed E-state index contributed by atoms with van der Waals surface area (Å²) in [5.41, 5.74) is 3.08. The lowest BCUT2D eigenvalue weighted by Crippen LogP contribution is -2.37. The van der Waals surface area contributed by atoms with Crippen molar-refractivity contribution in [3.8, 4) is 22.5 Å². The average molecular weight is 595 g/mol. The van der Waals surface area contributed by atoms with E-state index in [1.165, 1.54) is 25.1 Å². The van der Waals surface area contributed by atoms with Crippen LogP contribution < -0.4 is 15.5 Å². The second-order valence-electron chi connectivity index (χ2n) is 10.4. The second kappa shape index (κ2) is 12.5. The van der Waals surface area contributed by atoms with Crippen LogP contribution in [0.2, 0.25) is 0 Å². The Hall–Kier alpha value is -5.29. The van der Waals surface area contributed by atoms with Crippen LogP contribution in [0.25, 0.3) is 33.4 Å². The highest BCUT2D eigenvalue weighted by Crippen LogP contribution is 2.34. The van der Waals surface area contributed by atoms with E-state index in [1.54, 1.807) is 60.9 Å². The first-order chi connectivity index (χ1) is 21.3. The molecule has 9 nitrogen and oxygen atoms in total. The Morgan fingerprint density at radius 3 is 2.32 bits per heavy atom. The summed E-state index contributed by atoms with van der Waals surface area (Å²) in [4.78, 5) is 39.3. The number of morpholine rings is 1. The van der Waals surface area contributed by atoms with E-state index < -0.39 is 17.7 Å². The highest BCUT2D eigenvalue weighted by Gasteiger charge is 2.21. The quantitative estimate of drug-likeness (QED) is 0.229. The molecule has 2 N–H and O–H groups in total. The topological polar surface area (TPSA) is 109 Å². The van der Waals surface area contributed by atoms with Crippen LogP contribution in [-0.2, 0) is 16.0 Å². The number of ether oxygens (including phenoxy) is 1. The first-order valence-electron chi connectivity index (χ1n) is 14.0. The van der Waals surface area contributed by atoms with Crippen molar-refractivity contribution in [1.82, 2.24) is 15.0 Å². The third kappa shape index (κ3) is 6.37. The highest BCUT2D eigenvalue weighted by molar-refractivity contribution is 6.00. The average Bonchev–Trinajstić information content (AvgIpc) is 3.02. The van der Waals surface area contributed by atoms with Gasteiger partial charge in [0.15, 0.2) is 5.82 Å². The van der Waals surface area contributed by atoms with E-state index in [0.717, 1.165) is 5.56 Å². The van der Waals surface area contributed by atoms with Crippen molar-refractivity contribution in [3.05, 3.63) is 96.3 Å². The zero-order chi connectivity index (χ0) is 30.6. The predicted octanol–water partition coefficient (Wildman–Crippen LogP) is 6.25. The molecule has 6 rings (SSSR count). The molecular formula is C33H28F2N6O3. The Balaban J connectivity index is 1.30. The molecule has 5 aromatic rings. The summed E-state index contributed by atoms with van der Waals surface area (Å²) in [5.74, 6) is -0.424. The van der Waals surface area contributed by atoms with E-state index in [1.807, 2.05) is 4.90 Å². The van der Waals surface area contributed by atoms with Gasteiger partial charge in [0.1, 0.15) is 23.2 Å². The van der Waals surface area contributed by atoms with Gasteiger partial charge in [0.05, 0.1) is 24.3 Å². The Bertz CT molecular complexity index is 1850. The largest absolute Gasteiger partial charge is 0.378 e. The summed E-state index contributed by atoms with van der Waals surface area (Å²) in [7, 11) is 0. The van der Waals surface area contributed by atoms with E-state index in [4.69, 9.17) is 9.72 Å². The molecule has 0 saturated carbocycles. The number of fused-ring (bicyclic) bond motifs is 1. The van der Waals surface area contributed by atoms with Gasteiger partial charge in [-0.25, -0.2) is 23.5 Å². The summed E-state index contributed by atoms with van der Waals surface area (Å²) in [6.07, 6.45) is 3.49. The highest BCUT2D eigenvalue weighted by atomic mass is 19.1. The van der Waals surface area contributed by atoms with Gasteiger partial charge in [0, 0.05) is 59.8 Å². The minimum atomic E-state index is -0.641. The smallest absolute Gasteiger partial charge is 0.323 e. The van der Waals surface area contributed by atoms with Crippen molar-refractivity contribution < 1.29 is 23.1 Å². The lowest BCUT2D eigenvalue weighted by atomic mass is 10.0. The lowest BCUT2D eigenvalue weighted by Gasteiger charge is -2.29. The maximum Gasteiger partial charge on any atom is 0.323 e. The first-order valence-corrected chi connectivity index (χ1v) is 14.0. The molecule has 2 amide bonds. The number of carbonyl (C=O) groups is 2. The molecule has 0 unspecified atom stereocenters. The van der Waals surface area contributed by atoms with Crippen LogP contribution >= 0.6 is 0 Å². The molecule has 0 radical (unpaired) electrons. The van der Waals surface area contributed by atoms with Gasteiger partial charge in [0.25, 0.3) is 0 Å². The van der Waals surface area contributed by atoms with Crippen molar-refractivity contribution in [2.45, 2.75) is 13.3 Å². The molecule has 0 bridgehead atoms. The first kappa shape index (κ1) is 28.8. The number of hydrogen-bond acceptors (Lipinski definition) is 7. The van der Waals surface area contributed by atoms with Crippen molar-refractivity contribution >= 4 is 39.9 Å². The van der Waals surface area contributed by atoms with Crippen LogP contribution in [0.1, 0.15) is 12.5 Å². The SMILES string of the molecule is CC(=O)Cc1ccc(NC(=O)Nc2ccc(-c3nc(N4CCOCC4)c4cc(F)c(-c5cccnc5)cc4n3)c(F)c2)cc1. The van der Waals surface area contributed by atoms with Crippen molar-refractivity contribution in [2.24, 2.45) is 0 Å². The fraction of sp³-hybridized carbons (Fsp3) is 0.182. The van der Waals surface area contributed by atoms with Crippen LogP contribution in [0.15, 0.2) is 79.1 Å². The molecule has 0 atom stereocenters. The molecule has 1 aliphatic rings. The van der Waals surface area contributed by atoms with E-state index in [2.05, 4.69) is 20.6 Å². The summed E-state index contributed by atoms with van der Waals surface area (Å²) < 4.78 is 36.4. The number of aromatic nitrogens is 3. The number of benzene rings is 3. The zero-order valence-corrected chi connectivity index (χ0v) is 23.8. The third-order valence-electron chi connectivity index (χ3n) is 7.18. The molecule has 1 saturated heterocycles. The lowest BCUT2D eigenvalue weighted by molar-refractivity contribution is -0.116. The number of pyridine rings is 1. The van der Waals surface area contributed by atoms with Crippen molar-refractivity contribution in [2.75, 3.05) is 41.8 Å². The molecule has 1 fully saturated rings. The summed E-state index contributed by atoms with van der Waals surface area (Å²) in [5, 5.41) is 5.82. The number of carbonyl (C=O) groups excluding carboxylic acids is 2. The Kier molecular flexibility index (Phi) is 8.20. The minimum absolute atomic E-state index is 0.0451. The summed E-state index contributed by atoms with van der Waals surface area (Å²) >= 11 is 0. The molecule has 2 aromatic heterocycles. The van der Waals surface area contributed by atoms with E-state index in [9.17, 15) is 9.59 Å². The fourth-order valence-electron chi connectivity index (χ4n) is 5.07.